The van der Waals surface area contributed by atoms with Gasteiger partial charge in [0.2, 0.25) is 0 Å². The van der Waals surface area contributed by atoms with Crippen LogP contribution in [0.3, 0.4) is 0 Å². The predicted octanol–water partition coefficient (Wildman–Crippen LogP) is 5.57. The van der Waals surface area contributed by atoms with Crippen molar-refractivity contribution in [1.82, 2.24) is 5.32 Å². The van der Waals surface area contributed by atoms with E-state index in [1.165, 1.54) is 0 Å². The van der Waals surface area contributed by atoms with E-state index in [0.717, 1.165) is 38.3 Å². The van der Waals surface area contributed by atoms with E-state index >= 15 is 0 Å². The summed E-state index contributed by atoms with van der Waals surface area (Å²) >= 11 is 1.59. The number of thioether (sulfide) groups is 1. The molecule has 0 spiro atoms. The summed E-state index contributed by atoms with van der Waals surface area (Å²) in [6.07, 6.45) is 0.0880. The van der Waals surface area contributed by atoms with Gasteiger partial charge in [-0.25, -0.2) is 0 Å². The number of Topliss-reactive ketones (excluding diaryl/α,β-unsaturated/α-hetero) is 1. The molecular formula is C24H23NO2S. The Balaban J connectivity index is 1.75. The third kappa shape index (κ3) is 3.40. The van der Waals surface area contributed by atoms with Crippen molar-refractivity contribution < 1.29 is 9.53 Å². The first-order valence-electron chi connectivity index (χ1n) is 9.46. The molecule has 1 N–H and O–H groups in total. The normalized spacial score (nSPS) is 16.9. The van der Waals surface area contributed by atoms with Gasteiger partial charge in [-0.3, -0.25) is 4.79 Å². The van der Waals surface area contributed by atoms with Crippen molar-refractivity contribution in [3.63, 3.8) is 0 Å². The summed E-state index contributed by atoms with van der Waals surface area (Å²) in [5.41, 5.74) is 2.69. The van der Waals surface area contributed by atoms with E-state index in [1.54, 1.807) is 11.8 Å². The van der Waals surface area contributed by atoms with Crippen molar-refractivity contribution in [3.8, 4) is 5.75 Å². The molecule has 3 aromatic carbocycles. The number of allylic oxidation sites excluding steroid dienone is 1. The van der Waals surface area contributed by atoms with E-state index in [4.69, 9.17) is 4.74 Å². The number of ether oxygens (including phenoxy) is 1. The smallest absolute Gasteiger partial charge is 0.183 e. The molecule has 1 unspecified atom stereocenters. The molecule has 0 saturated heterocycles. The highest BCUT2D eigenvalue weighted by Gasteiger charge is 2.36. The third-order valence-corrected chi connectivity index (χ3v) is 6.12. The molecule has 3 aromatic rings. The van der Waals surface area contributed by atoms with Crippen LogP contribution in [0.25, 0.3) is 16.3 Å². The number of hydrogen-bond donors (Lipinski definition) is 1. The van der Waals surface area contributed by atoms with Gasteiger partial charge in [0.05, 0.1) is 22.0 Å². The minimum absolute atomic E-state index is 0.0880. The fourth-order valence-corrected chi connectivity index (χ4v) is 4.86. The zero-order valence-corrected chi connectivity index (χ0v) is 17.0. The number of carbonyl (C=O) groups excluding carboxylic acids is 1. The Morgan fingerprint density at radius 2 is 1.75 bits per heavy atom. The summed E-state index contributed by atoms with van der Waals surface area (Å²) in [6, 6.07) is 22.2. The molecule has 3 nitrogen and oxygen atoms in total. The van der Waals surface area contributed by atoms with Crippen molar-refractivity contribution in [1.29, 1.82) is 0 Å². The Kier molecular flexibility index (Phi) is 5.14. The molecule has 4 heteroatoms. The van der Waals surface area contributed by atoms with Gasteiger partial charge in [-0.05, 0) is 47.9 Å². The molecule has 1 atom stereocenters. The predicted molar refractivity (Wildman–Crippen MR) is 117 cm³/mol. The highest BCUT2D eigenvalue weighted by atomic mass is 32.2. The fourth-order valence-electron chi connectivity index (χ4n) is 3.61. The van der Waals surface area contributed by atoms with Gasteiger partial charge in [0.1, 0.15) is 5.75 Å². The Bertz CT molecular complexity index is 1070. The SMILES string of the molecule is CNC1=C(c2cccc(OC(C)C)c2)C(=O)C(c2cccc3ccccc23)S1. The van der Waals surface area contributed by atoms with Crippen LogP contribution in [0.1, 0.15) is 30.2 Å². The number of hydrogen-bond acceptors (Lipinski definition) is 4. The summed E-state index contributed by atoms with van der Waals surface area (Å²) in [7, 11) is 1.87. The average molecular weight is 390 g/mol. The van der Waals surface area contributed by atoms with Crippen LogP contribution in [0.5, 0.6) is 5.75 Å². The standard InChI is InChI=1S/C24H23NO2S/c1-15(2)27-18-11-6-10-17(14-18)21-22(26)23(28-24(21)25-3)20-13-7-9-16-8-4-5-12-19(16)20/h4-15,23,25H,1-3H3. The second-order valence-electron chi connectivity index (χ2n) is 7.08. The lowest BCUT2D eigenvalue weighted by atomic mass is 9.94. The highest BCUT2D eigenvalue weighted by molar-refractivity contribution is 8.04. The summed E-state index contributed by atoms with van der Waals surface area (Å²) in [5, 5.41) is 6.17. The van der Waals surface area contributed by atoms with Gasteiger partial charge < -0.3 is 10.1 Å². The molecule has 0 aliphatic carbocycles. The molecule has 0 bridgehead atoms. The van der Waals surface area contributed by atoms with Crippen molar-refractivity contribution >= 4 is 33.9 Å². The Morgan fingerprint density at radius 3 is 2.54 bits per heavy atom. The van der Waals surface area contributed by atoms with Gasteiger partial charge in [-0.15, -0.1) is 0 Å². The van der Waals surface area contributed by atoms with Crippen molar-refractivity contribution in [3.05, 3.63) is 82.9 Å². The number of carbonyl (C=O) groups is 1. The Morgan fingerprint density at radius 1 is 1.00 bits per heavy atom. The number of rotatable bonds is 5. The largest absolute Gasteiger partial charge is 0.491 e. The molecule has 0 radical (unpaired) electrons. The number of fused-ring (bicyclic) bond motifs is 1. The summed E-state index contributed by atoms with van der Waals surface area (Å²) in [4.78, 5) is 13.5. The van der Waals surface area contributed by atoms with Gasteiger partial charge in [0, 0.05) is 7.05 Å². The molecule has 1 aliphatic heterocycles. The van der Waals surface area contributed by atoms with E-state index in [-0.39, 0.29) is 17.1 Å². The zero-order valence-electron chi connectivity index (χ0n) is 16.2. The van der Waals surface area contributed by atoms with Crippen molar-refractivity contribution in [2.45, 2.75) is 25.2 Å². The first-order valence-corrected chi connectivity index (χ1v) is 10.3. The minimum atomic E-state index is -0.252. The Hall–Kier alpha value is -2.72. The van der Waals surface area contributed by atoms with Gasteiger partial charge >= 0.3 is 0 Å². The molecule has 1 aliphatic rings. The fraction of sp³-hybridized carbons (Fsp3) is 0.208. The second kappa shape index (κ2) is 7.72. The van der Waals surface area contributed by atoms with Crippen LogP contribution >= 0.6 is 11.8 Å². The van der Waals surface area contributed by atoms with E-state index in [0.29, 0.717) is 0 Å². The second-order valence-corrected chi connectivity index (χ2v) is 8.19. The zero-order chi connectivity index (χ0) is 19.7. The van der Waals surface area contributed by atoms with E-state index in [2.05, 4.69) is 29.6 Å². The van der Waals surface area contributed by atoms with Crippen molar-refractivity contribution in [2.24, 2.45) is 0 Å². The van der Waals surface area contributed by atoms with Gasteiger partial charge in [0.25, 0.3) is 0 Å². The highest BCUT2D eigenvalue weighted by Crippen LogP contribution is 2.48. The minimum Gasteiger partial charge on any atom is -0.491 e. The molecule has 142 valence electrons. The first-order chi connectivity index (χ1) is 13.6. The van der Waals surface area contributed by atoms with Crippen LogP contribution in [0.2, 0.25) is 0 Å². The molecule has 0 fully saturated rings. The average Bonchev–Trinajstić information content (AvgIpc) is 3.03. The molecule has 0 aromatic heterocycles. The maximum atomic E-state index is 13.5. The summed E-state index contributed by atoms with van der Waals surface area (Å²) in [6.45, 7) is 4.00. The maximum absolute atomic E-state index is 13.5. The lowest BCUT2D eigenvalue weighted by Crippen LogP contribution is -2.09. The lowest BCUT2D eigenvalue weighted by Gasteiger charge is -2.13. The monoisotopic (exact) mass is 389 g/mol. The molecule has 28 heavy (non-hydrogen) atoms. The van der Waals surface area contributed by atoms with Gasteiger partial charge in [0.15, 0.2) is 5.78 Å². The maximum Gasteiger partial charge on any atom is 0.183 e. The van der Waals surface area contributed by atoms with E-state index < -0.39 is 0 Å². The summed E-state index contributed by atoms with van der Waals surface area (Å²) in [5.74, 6) is 0.911. The number of benzene rings is 3. The van der Waals surface area contributed by atoms with Gasteiger partial charge in [-0.2, -0.15) is 0 Å². The summed E-state index contributed by atoms with van der Waals surface area (Å²) < 4.78 is 5.83. The van der Waals surface area contributed by atoms with Crippen LogP contribution in [-0.4, -0.2) is 18.9 Å². The van der Waals surface area contributed by atoms with Crippen LogP contribution in [0.15, 0.2) is 71.8 Å². The first kappa shape index (κ1) is 18.6. The Labute approximate surface area is 169 Å². The molecule has 0 amide bonds. The topological polar surface area (TPSA) is 38.3 Å². The number of ketones is 1. The number of nitrogens with one attached hydrogen (secondary N) is 1. The molecular weight excluding hydrogens is 366 g/mol. The van der Waals surface area contributed by atoms with Gasteiger partial charge in [-0.1, -0.05) is 66.4 Å². The van der Waals surface area contributed by atoms with Crippen LogP contribution in [-0.2, 0) is 4.79 Å². The lowest BCUT2D eigenvalue weighted by molar-refractivity contribution is -0.113. The van der Waals surface area contributed by atoms with Crippen LogP contribution < -0.4 is 10.1 Å². The van der Waals surface area contributed by atoms with Crippen LogP contribution in [0.4, 0.5) is 0 Å². The van der Waals surface area contributed by atoms with E-state index in [9.17, 15) is 4.79 Å². The van der Waals surface area contributed by atoms with E-state index in [1.807, 2.05) is 63.4 Å². The molecule has 4 rings (SSSR count). The molecule has 0 saturated carbocycles. The van der Waals surface area contributed by atoms with Crippen LogP contribution in [0, 0.1) is 0 Å². The van der Waals surface area contributed by atoms with Crippen molar-refractivity contribution in [2.75, 3.05) is 7.05 Å². The quantitative estimate of drug-likeness (QED) is 0.619. The molecule has 1 heterocycles. The third-order valence-electron chi connectivity index (χ3n) is 4.77.